The lowest BCUT2D eigenvalue weighted by Gasteiger charge is -2.34. The van der Waals surface area contributed by atoms with Crippen molar-refractivity contribution >= 4 is 21.4 Å². The second-order valence-electron chi connectivity index (χ2n) is 5.01. The molecule has 0 saturated carbocycles. The van der Waals surface area contributed by atoms with E-state index in [-0.39, 0.29) is 0 Å². The first kappa shape index (κ1) is 12.6. The van der Waals surface area contributed by atoms with Crippen LogP contribution in [0, 0.1) is 16.7 Å². The van der Waals surface area contributed by atoms with Crippen LogP contribution in [0.25, 0.3) is 10.1 Å². The summed E-state index contributed by atoms with van der Waals surface area (Å²) in [6.45, 7) is 0.995. The van der Waals surface area contributed by atoms with Crippen LogP contribution in [0.1, 0.15) is 24.5 Å². The minimum atomic E-state index is -0.803. The highest BCUT2D eigenvalue weighted by molar-refractivity contribution is 7.17. The summed E-state index contributed by atoms with van der Waals surface area (Å²) in [5.41, 5.74) is 0.0508. The number of benzene rings is 1. The van der Waals surface area contributed by atoms with Crippen LogP contribution in [0.2, 0.25) is 0 Å². The molecule has 1 fully saturated rings. The molecular weight excluding hydrogens is 258 g/mol. The number of ether oxygens (including phenoxy) is 1. The van der Waals surface area contributed by atoms with E-state index in [0.29, 0.717) is 19.6 Å². The molecule has 1 aromatic heterocycles. The van der Waals surface area contributed by atoms with Gasteiger partial charge in [0.25, 0.3) is 0 Å². The summed E-state index contributed by atoms with van der Waals surface area (Å²) >= 11 is 1.61. The van der Waals surface area contributed by atoms with Crippen LogP contribution in [-0.2, 0) is 4.74 Å². The quantitative estimate of drug-likeness (QED) is 0.913. The predicted molar refractivity (Wildman–Crippen MR) is 74.9 cm³/mol. The topological polar surface area (TPSA) is 53.2 Å². The van der Waals surface area contributed by atoms with Gasteiger partial charge in [0.1, 0.15) is 11.5 Å². The van der Waals surface area contributed by atoms with Crippen molar-refractivity contribution in [1.82, 2.24) is 0 Å². The lowest BCUT2D eigenvalue weighted by atomic mass is 9.76. The van der Waals surface area contributed by atoms with E-state index in [1.807, 2.05) is 29.6 Å². The van der Waals surface area contributed by atoms with Gasteiger partial charge in [-0.05, 0) is 29.7 Å². The van der Waals surface area contributed by atoms with Crippen LogP contribution < -0.4 is 0 Å². The molecule has 0 bridgehead atoms. The third-order valence-corrected chi connectivity index (χ3v) is 4.80. The molecule has 0 radical (unpaired) electrons. The zero-order chi connectivity index (χ0) is 13.3. The van der Waals surface area contributed by atoms with Gasteiger partial charge in [0.05, 0.1) is 12.7 Å². The van der Waals surface area contributed by atoms with E-state index in [1.165, 1.54) is 0 Å². The Morgan fingerprint density at radius 2 is 2.26 bits per heavy atom. The van der Waals surface area contributed by atoms with Gasteiger partial charge in [-0.1, -0.05) is 18.2 Å². The smallest absolute Gasteiger partial charge is 0.111 e. The second-order valence-corrected chi connectivity index (χ2v) is 5.93. The van der Waals surface area contributed by atoms with Gasteiger partial charge < -0.3 is 9.84 Å². The number of rotatable bonds is 2. The van der Waals surface area contributed by atoms with Crippen LogP contribution >= 0.6 is 11.3 Å². The Labute approximate surface area is 116 Å². The summed E-state index contributed by atoms with van der Waals surface area (Å²) in [5.74, 6) is 0. The van der Waals surface area contributed by atoms with Gasteiger partial charge in [0.15, 0.2) is 0 Å². The van der Waals surface area contributed by atoms with Crippen molar-refractivity contribution in [1.29, 1.82) is 5.26 Å². The van der Waals surface area contributed by atoms with Crippen molar-refractivity contribution < 1.29 is 9.84 Å². The van der Waals surface area contributed by atoms with Gasteiger partial charge in [-0.2, -0.15) is 5.26 Å². The van der Waals surface area contributed by atoms with Gasteiger partial charge >= 0.3 is 0 Å². The van der Waals surface area contributed by atoms with Gasteiger partial charge in [0, 0.05) is 16.9 Å². The minimum absolute atomic E-state index is 0.314. The van der Waals surface area contributed by atoms with E-state index in [1.54, 1.807) is 11.3 Å². The molecule has 3 nitrogen and oxygen atoms in total. The third-order valence-electron chi connectivity index (χ3n) is 3.82. The van der Waals surface area contributed by atoms with Crippen molar-refractivity contribution in [3.63, 3.8) is 0 Å². The summed E-state index contributed by atoms with van der Waals surface area (Å²) in [5, 5.41) is 23.2. The molecule has 2 unspecified atom stereocenters. The molecule has 2 heterocycles. The summed E-state index contributed by atoms with van der Waals surface area (Å²) in [6, 6.07) is 10.3. The fraction of sp³-hybridized carbons (Fsp3) is 0.400. The van der Waals surface area contributed by atoms with Crippen molar-refractivity contribution in [2.24, 2.45) is 5.41 Å². The average molecular weight is 273 g/mol. The Balaban J connectivity index is 2.03. The highest BCUT2D eigenvalue weighted by atomic mass is 32.1. The largest absolute Gasteiger partial charge is 0.387 e. The summed E-state index contributed by atoms with van der Waals surface area (Å²) in [6.07, 6.45) is 0.732. The maximum absolute atomic E-state index is 10.7. The van der Waals surface area contributed by atoms with Crippen LogP contribution in [0.4, 0.5) is 0 Å². The van der Waals surface area contributed by atoms with Crippen LogP contribution in [0.5, 0.6) is 0 Å². The molecule has 0 spiro atoms. The predicted octanol–water partition coefficient (Wildman–Crippen LogP) is 3.26. The number of thiophene rings is 1. The normalized spacial score (nSPS) is 25.1. The number of fused-ring (bicyclic) bond motifs is 1. The first-order valence-electron chi connectivity index (χ1n) is 6.40. The fourth-order valence-electron chi connectivity index (χ4n) is 2.69. The average Bonchev–Trinajstić information content (AvgIpc) is 2.91. The van der Waals surface area contributed by atoms with Crippen LogP contribution in [-0.4, -0.2) is 18.3 Å². The van der Waals surface area contributed by atoms with Crippen molar-refractivity contribution in [3.8, 4) is 6.07 Å². The van der Waals surface area contributed by atoms with Crippen molar-refractivity contribution in [3.05, 3.63) is 35.2 Å². The van der Waals surface area contributed by atoms with E-state index < -0.39 is 11.5 Å². The molecular formula is C15H15NO2S. The van der Waals surface area contributed by atoms with E-state index >= 15 is 0 Å². The molecule has 1 saturated heterocycles. The van der Waals surface area contributed by atoms with Crippen molar-refractivity contribution in [2.45, 2.75) is 18.9 Å². The van der Waals surface area contributed by atoms with E-state index in [9.17, 15) is 10.4 Å². The van der Waals surface area contributed by atoms with E-state index in [4.69, 9.17) is 4.74 Å². The van der Waals surface area contributed by atoms with Gasteiger partial charge in [-0.3, -0.25) is 0 Å². The Hall–Kier alpha value is -1.41. The standard InChI is InChI=1S/C15H15NO2S/c16-9-15(6-3-7-18-10-15)14(17)12-8-19-13-5-2-1-4-11(12)13/h1-2,4-5,8,14,17H,3,6-7,10H2. The Morgan fingerprint density at radius 3 is 3.00 bits per heavy atom. The van der Waals surface area contributed by atoms with E-state index in [0.717, 1.165) is 22.1 Å². The van der Waals surface area contributed by atoms with E-state index in [2.05, 4.69) is 6.07 Å². The summed E-state index contributed by atoms with van der Waals surface area (Å²) < 4.78 is 6.57. The van der Waals surface area contributed by atoms with Crippen LogP contribution in [0.15, 0.2) is 29.6 Å². The maximum Gasteiger partial charge on any atom is 0.111 e. The molecule has 98 valence electrons. The second kappa shape index (κ2) is 4.93. The highest BCUT2D eigenvalue weighted by Gasteiger charge is 2.42. The maximum atomic E-state index is 10.7. The molecule has 2 aromatic rings. The van der Waals surface area contributed by atoms with Gasteiger partial charge in [-0.15, -0.1) is 11.3 Å². The highest BCUT2D eigenvalue weighted by Crippen LogP contribution is 2.43. The number of nitrogens with zero attached hydrogens (tertiary/aromatic N) is 1. The number of aliphatic hydroxyl groups is 1. The number of nitriles is 1. The molecule has 1 N–H and O–H groups in total. The third kappa shape index (κ3) is 2.04. The molecule has 19 heavy (non-hydrogen) atoms. The first-order valence-corrected chi connectivity index (χ1v) is 7.28. The number of hydrogen-bond acceptors (Lipinski definition) is 4. The van der Waals surface area contributed by atoms with Gasteiger partial charge in [0.2, 0.25) is 0 Å². The van der Waals surface area contributed by atoms with Crippen molar-refractivity contribution in [2.75, 3.05) is 13.2 Å². The molecule has 0 amide bonds. The molecule has 4 heteroatoms. The van der Waals surface area contributed by atoms with Crippen LogP contribution in [0.3, 0.4) is 0 Å². The summed E-state index contributed by atoms with van der Waals surface area (Å²) in [7, 11) is 0. The lowest BCUT2D eigenvalue weighted by Crippen LogP contribution is -2.36. The zero-order valence-corrected chi connectivity index (χ0v) is 11.3. The zero-order valence-electron chi connectivity index (χ0n) is 10.5. The Bertz CT molecular complexity index is 622. The molecule has 2 atom stereocenters. The molecule has 1 aliphatic heterocycles. The Morgan fingerprint density at radius 1 is 1.42 bits per heavy atom. The molecule has 0 aliphatic carbocycles. The minimum Gasteiger partial charge on any atom is -0.387 e. The summed E-state index contributed by atoms with van der Waals surface area (Å²) in [4.78, 5) is 0. The number of hydrogen-bond donors (Lipinski definition) is 1. The van der Waals surface area contributed by atoms with Gasteiger partial charge in [-0.25, -0.2) is 0 Å². The SMILES string of the molecule is N#CC1(C(O)c2csc3ccccc23)CCCOC1. The Kier molecular flexibility index (Phi) is 3.28. The molecule has 1 aromatic carbocycles. The molecule has 3 rings (SSSR count). The first-order chi connectivity index (χ1) is 9.27. The lowest BCUT2D eigenvalue weighted by molar-refractivity contribution is -0.0499. The fourth-order valence-corrected chi connectivity index (χ4v) is 3.67. The monoisotopic (exact) mass is 273 g/mol. The molecule has 1 aliphatic rings. The number of aliphatic hydroxyl groups excluding tert-OH is 1.